The molecule has 25 heavy (non-hydrogen) atoms. The van der Waals surface area contributed by atoms with E-state index in [1.807, 2.05) is 6.07 Å². The van der Waals surface area contributed by atoms with Crippen LogP contribution in [0.4, 0.5) is 0 Å². The summed E-state index contributed by atoms with van der Waals surface area (Å²) in [7, 11) is 0. The number of thiazole rings is 1. The second-order valence-electron chi connectivity index (χ2n) is 7.43. The largest absolute Gasteiger partial charge is 0.339 e. The van der Waals surface area contributed by atoms with Crippen LogP contribution in [0.1, 0.15) is 56.5 Å². The average molecular weight is 358 g/mol. The summed E-state index contributed by atoms with van der Waals surface area (Å²) in [5.74, 6) is 0.306. The third kappa shape index (κ3) is 3.58. The van der Waals surface area contributed by atoms with Crippen LogP contribution in [0.3, 0.4) is 0 Å². The summed E-state index contributed by atoms with van der Waals surface area (Å²) in [6, 6.07) is 9.05. The normalized spacial score (nSPS) is 25.4. The lowest BCUT2D eigenvalue weighted by molar-refractivity contribution is -0.136. The van der Waals surface area contributed by atoms with E-state index in [1.54, 1.807) is 11.3 Å². The Morgan fingerprint density at radius 2 is 1.96 bits per heavy atom. The number of rotatable bonds is 3. The lowest BCUT2D eigenvalue weighted by Gasteiger charge is -2.38. The van der Waals surface area contributed by atoms with Gasteiger partial charge in [-0.05, 0) is 57.7 Å². The molecule has 2 aromatic rings. The van der Waals surface area contributed by atoms with E-state index < -0.39 is 0 Å². The maximum atomic E-state index is 12.9. The van der Waals surface area contributed by atoms with Crippen molar-refractivity contribution in [2.75, 3.05) is 19.6 Å². The number of amides is 1. The number of carbonyl (C=O) groups is 1. The van der Waals surface area contributed by atoms with Gasteiger partial charge in [0.1, 0.15) is 5.01 Å². The maximum Gasteiger partial charge on any atom is 0.237 e. The number of aromatic nitrogens is 1. The third-order valence-electron chi connectivity index (χ3n) is 5.67. The SMILES string of the molecule is CC1CCCCN1C(=O)CN1CCCCC1c1nc2ccccc2s1. The zero-order valence-corrected chi connectivity index (χ0v) is 15.8. The van der Waals surface area contributed by atoms with E-state index in [-0.39, 0.29) is 0 Å². The van der Waals surface area contributed by atoms with Gasteiger partial charge in [-0.25, -0.2) is 4.98 Å². The molecule has 134 valence electrons. The fourth-order valence-electron chi connectivity index (χ4n) is 4.23. The minimum Gasteiger partial charge on any atom is -0.339 e. The first kappa shape index (κ1) is 17.0. The Balaban J connectivity index is 1.51. The molecule has 3 heterocycles. The highest BCUT2D eigenvalue weighted by Gasteiger charge is 2.31. The van der Waals surface area contributed by atoms with E-state index in [1.165, 1.54) is 29.0 Å². The quantitative estimate of drug-likeness (QED) is 0.825. The summed E-state index contributed by atoms with van der Waals surface area (Å²) in [5.41, 5.74) is 1.09. The highest BCUT2D eigenvalue weighted by molar-refractivity contribution is 7.18. The van der Waals surface area contributed by atoms with Crippen LogP contribution in [-0.4, -0.2) is 46.4 Å². The van der Waals surface area contributed by atoms with Gasteiger partial charge in [0.2, 0.25) is 5.91 Å². The van der Waals surface area contributed by atoms with Gasteiger partial charge in [0, 0.05) is 12.6 Å². The Bertz CT molecular complexity index is 710. The first-order valence-electron chi connectivity index (χ1n) is 9.61. The second-order valence-corrected chi connectivity index (χ2v) is 8.50. The molecule has 2 unspecified atom stereocenters. The molecule has 2 aliphatic rings. The lowest BCUT2D eigenvalue weighted by atomic mass is 10.0. The predicted octanol–water partition coefficient (Wildman–Crippen LogP) is 4.22. The van der Waals surface area contributed by atoms with Crippen molar-refractivity contribution in [1.82, 2.24) is 14.8 Å². The van der Waals surface area contributed by atoms with Gasteiger partial charge in [-0.15, -0.1) is 11.3 Å². The predicted molar refractivity (Wildman–Crippen MR) is 103 cm³/mol. The summed E-state index contributed by atoms with van der Waals surface area (Å²) in [4.78, 5) is 22.3. The van der Waals surface area contributed by atoms with Crippen molar-refractivity contribution in [1.29, 1.82) is 0 Å². The minimum atomic E-state index is 0.301. The molecular formula is C20H27N3OS. The number of likely N-dealkylation sites (tertiary alicyclic amines) is 2. The second kappa shape index (κ2) is 7.42. The summed E-state index contributed by atoms with van der Waals surface area (Å²) in [5, 5.41) is 1.18. The highest BCUT2D eigenvalue weighted by atomic mass is 32.1. The summed E-state index contributed by atoms with van der Waals surface area (Å²) in [6.07, 6.45) is 7.08. The standard InChI is InChI=1S/C20H27N3OS/c1-15-8-4-7-13-23(15)19(24)14-22-12-6-5-10-17(22)20-21-16-9-2-3-11-18(16)25-20/h2-3,9,11,15,17H,4-8,10,12-14H2,1H3. The van der Waals surface area contributed by atoms with Crippen LogP contribution in [0, 0.1) is 0 Å². The average Bonchev–Trinajstić information content (AvgIpc) is 3.06. The van der Waals surface area contributed by atoms with Crippen molar-refractivity contribution in [3.05, 3.63) is 29.3 Å². The Kier molecular flexibility index (Phi) is 5.04. The number of piperidine rings is 2. The van der Waals surface area contributed by atoms with Gasteiger partial charge in [0.05, 0.1) is 22.8 Å². The van der Waals surface area contributed by atoms with Crippen molar-refractivity contribution >= 4 is 27.5 Å². The van der Waals surface area contributed by atoms with E-state index in [2.05, 4.69) is 34.9 Å². The van der Waals surface area contributed by atoms with Gasteiger partial charge < -0.3 is 4.90 Å². The molecule has 0 bridgehead atoms. The van der Waals surface area contributed by atoms with Crippen LogP contribution in [0.2, 0.25) is 0 Å². The van der Waals surface area contributed by atoms with Crippen LogP contribution in [0.25, 0.3) is 10.2 Å². The van der Waals surface area contributed by atoms with Gasteiger partial charge >= 0.3 is 0 Å². The van der Waals surface area contributed by atoms with Crippen molar-refractivity contribution in [3.63, 3.8) is 0 Å². The van der Waals surface area contributed by atoms with Gasteiger partial charge in [0.25, 0.3) is 0 Å². The fraction of sp³-hybridized carbons (Fsp3) is 0.600. The van der Waals surface area contributed by atoms with Crippen LogP contribution < -0.4 is 0 Å². The minimum absolute atomic E-state index is 0.301. The molecule has 4 rings (SSSR count). The van der Waals surface area contributed by atoms with Gasteiger partial charge in [-0.3, -0.25) is 9.69 Å². The molecule has 0 saturated carbocycles. The Morgan fingerprint density at radius 3 is 2.80 bits per heavy atom. The van der Waals surface area contributed by atoms with E-state index in [0.717, 1.165) is 37.9 Å². The fourth-order valence-corrected chi connectivity index (χ4v) is 5.36. The molecule has 2 atom stereocenters. The highest BCUT2D eigenvalue weighted by Crippen LogP contribution is 2.35. The summed E-state index contributed by atoms with van der Waals surface area (Å²) >= 11 is 1.79. The molecule has 2 aliphatic heterocycles. The molecule has 1 aromatic carbocycles. The summed E-state index contributed by atoms with van der Waals surface area (Å²) in [6.45, 7) is 4.68. The Labute approximate surface area is 153 Å². The van der Waals surface area contributed by atoms with Crippen molar-refractivity contribution < 1.29 is 4.79 Å². The number of fused-ring (bicyclic) bond motifs is 1. The Hall–Kier alpha value is -1.46. The van der Waals surface area contributed by atoms with E-state index in [4.69, 9.17) is 4.98 Å². The zero-order chi connectivity index (χ0) is 17.2. The monoisotopic (exact) mass is 357 g/mol. The molecule has 1 aromatic heterocycles. The molecule has 4 nitrogen and oxygen atoms in total. The molecule has 2 saturated heterocycles. The number of hydrogen-bond donors (Lipinski definition) is 0. The topological polar surface area (TPSA) is 36.4 Å². The smallest absolute Gasteiger partial charge is 0.237 e. The van der Waals surface area contributed by atoms with Crippen molar-refractivity contribution in [2.24, 2.45) is 0 Å². The molecule has 1 amide bonds. The number of benzene rings is 1. The molecule has 0 radical (unpaired) electrons. The zero-order valence-electron chi connectivity index (χ0n) is 15.0. The van der Waals surface area contributed by atoms with Crippen molar-refractivity contribution in [3.8, 4) is 0 Å². The molecule has 5 heteroatoms. The number of carbonyl (C=O) groups excluding carboxylic acids is 1. The third-order valence-corrected chi connectivity index (χ3v) is 6.81. The number of para-hydroxylation sites is 1. The molecular weight excluding hydrogens is 330 g/mol. The van der Waals surface area contributed by atoms with E-state index in [0.29, 0.717) is 24.5 Å². The molecule has 0 aliphatic carbocycles. The van der Waals surface area contributed by atoms with E-state index in [9.17, 15) is 4.79 Å². The van der Waals surface area contributed by atoms with Crippen molar-refractivity contribution in [2.45, 2.75) is 57.5 Å². The lowest BCUT2D eigenvalue weighted by Crippen LogP contribution is -2.48. The maximum absolute atomic E-state index is 12.9. The van der Waals surface area contributed by atoms with Gasteiger partial charge in [-0.2, -0.15) is 0 Å². The van der Waals surface area contributed by atoms with Crippen LogP contribution in [0.15, 0.2) is 24.3 Å². The Morgan fingerprint density at radius 1 is 1.16 bits per heavy atom. The van der Waals surface area contributed by atoms with Crippen LogP contribution in [-0.2, 0) is 4.79 Å². The number of nitrogens with zero attached hydrogens (tertiary/aromatic N) is 3. The molecule has 0 spiro atoms. The number of hydrogen-bond acceptors (Lipinski definition) is 4. The first-order chi connectivity index (χ1) is 12.2. The van der Waals surface area contributed by atoms with Gasteiger partial charge in [-0.1, -0.05) is 18.6 Å². The first-order valence-corrected chi connectivity index (χ1v) is 10.4. The molecule has 2 fully saturated rings. The molecule has 0 N–H and O–H groups in total. The van der Waals surface area contributed by atoms with Crippen LogP contribution in [0.5, 0.6) is 0 Å². The van der Waals surface area contributed by atoms with Crippen LogP contribution >= 0.6 is 11.3 Å². The van der Waals surface area contributed by atoms with E-state index >= 15 is 0 Å². The van der Waals surface area contributed by atoms with Gasteiger partial charge in [0.15, 0.2) is 0 Å². The summed E-state index contributed by atoms with van der Waals surface area (Å²) < 4.78 is 1.25.